The predicted octanol–water partition coefficient (Wildman–Crippen LogP) is 2.64. The molecule has 1 fully saturated rings. The molecule has 4 nitrogen and oxygen atoms in total. The SMILES string of the molecule is CC1CN(C)CCCN1c1c(C#N)cnc2ccccc12. The van der Waals surface area contributed by atoms with Gasteiger partial charge in [-0.1, -0.05) is 18.2 Å². The first kappa shape index (κ1) is 13.8. The number of likely N-dealkylation sites (N-methyl/N-ethyl adjacent to an activating group) is 1. The van der Waals surface area contributed by atoms with Gasteiger partial charge < -0.3 is 9.80 Å². The lowest BCUT2D eigenvalue weighted by atomic mass is 10.1. The van der Waals surface area contributed by atoms with Crippen LogP contribution in [0.2, 0.25) is 0 Å². The van der Waals surface area contributed by atoms with E-state index in [9.17, 15) is 5.26 Å². The van der Waals surface area contributed by atoms with Crippen molar-refractivity contribution in [1.82, 2.24) is 9.88 Å². The molecule has 1 aromatic carbocycles. The lowest BCUT2D eigenvalue weighted by Gasteiger charge is -2.31. The molecule has 1 aliphatic rings. The van der Waals surface area contributed by atoms with Gasteiger partial charge in [-0.25, -0.2) is 0 Å². The Morgan fingerprint density at radius 3 is 2.90 bits per heavy atom. The maximum Gasteiger partial charge on any atom is 0.103 e. The maximum atomic E-state index is 9.49. The van der Waals surface area contributed by atoms with Gasteiger partial charge in [0.2, 0.25) is 0 Å². The zero-order valence-corrected chi connectivity index (χ0v) is 12.6. The maximum absolute atomic E-state index is 9.49. The van der Waals surface area contributed by atoms with Crippen molar-refractivity contribution in [3.8, 4) is 6.07 Å². The van der Waals surface area contributed by atoms with Gasteiger partial charge in [-0.05, 0) is 33.0 Å². The normalized spacial score (nSPS) is 20.2. The Kier molecular flexibility index (Phi) is 3.76. The van der Waals surface area contributed by atoms with Gasteiger partial charge in [0.25, 0.3) is 0 Å². The van der Waals surface area contributed by atoms with E-state index in [0.29, 0.717) is 11.6 Å². The van der Waals surface area contributed by atoms with Gasteiger partial charge in [0, 0.05) is 30.7 Å². The van der Waals surface area contributed by atoms with Gasteiger partial charge >= 0.3 is 0 Å². The molecule has 0 aliphatic carbocycles. The standard InChI is InChI=1S/C17H20N4/c1-13-12-20(2)8-5-9-21(13)17-14(10-18)11-19-16-7-4-3-6-15(16)17/h3-4,6-7,11,13H,5,8-9,12H2,1-2H3. The summed E-state index contributed by atoms with van der Waals surface area (Å²) in [7, 11) is 2.16. The lowest BCUT2D eigenvalue weighted by molar-refractivity contribution is 0.337. The summed E-state index contributed by atoms with van der Waals surface area (Å²) >= 11 is 0. The van der Waals surface area contributed by atoms with Crippen molar-refractivity contribution in [2.45, 2.75) is 19.4 Å². The molecule has 0 N–H and O–H groups in total. The number of hydrogen-bond donors (Lipinski definition) is 0. The molecule has 108 valence electrons. The average Bonchev–Trinajstić information content (AvgIpc) is 2.66. The van der Waals surface area contributed by atoms with Gasteiger partial charge in [0.1, 0.15) is 6.07 Å². The van der Waals surface area contributed by atoms with Gasteiger partial charge in [0.05, 0.1) is 16.8 Å². The molecule has 3 rings (SSSR count). The fourth-order valence-corrected chi connectivity index (χ4v) is 3.22. The molecule has 2 heterocycles. The van der Waals surface area contributed by atoms with Gasteiger partial charge in [0.15, 0.2) is 0 Å². The molecular weight excluding hydrogens is 260 g/mol. The first-order valence-electron chi connectivity index (χ1n) is 7.43. The molecule has 0 saturated carbocycles. The van der Waals surface area contributed by atoms with E-state index in [1.807, 2.05) is 18.2 Å². The minimum absolute atomic E-state index is 0.385. The van der Waals surface area contributed by atoms with Crippen LogP contribution in [0.1, 0.15) is 18.9 Å². The summed E-state index contributed by atoms with van der Waals surface area (Å²) in [6, 6.07) is 10.8. The number of pyridine rings is 1. The largest absolute Gasteiger partial charge is 0.366 e. The third-order valence-electron chi connectivity index (χ3n) is 4.20. The zero-order chi connectivity index (χ0) is 14.8. The van der Waals surface area contributed by atoms with E-state index in [0.717, 1.165) is 42.6 Å². The number of rotatable bonds is 1. The van der Waals surface area contributed by atoms with Gasteiger partial charge in [-0.15, -0.1) is 0 Å². The van der Waals surface area contributed by atoms with Crippen LogP contribution in [0, 0.1) is 11.3 Å². The lowest BCUT2D eigenvalue weighted by Crippen LogP contribution is -2.38. The minimum Gasteiger partial charge on any atom is -0.366 e. The summed E-state index contributed by atoms with van der Waals surface area (Å²) in [6.07, 6.45) is 2.82. The highest BCUT2D eigenvalue weighted by molar-refractivity contribution is 5.94. The van der Waals surface area contributed by atoms with Crippen LogP contribution in [0.5, 0.6) is 0 Å². The second-order valence-corrected chi connectivity index (χ2v) is 5.81. The molecule has 2 aromatic rings. The monoisotopic (exact) mass is 280 g/mol. The summed E-state index contributed by atoms with van der Waals surface area (Å²) < 4.78 is 0. The third-order valence-corrected chi connectivity index (χ3v) is 4.20. The highest BCUT2D eigenvalue weighted by Gasteiger charge is 2.24. The van der Waals surface area contributed by atoms with Gasteiger partial charge in [-0.2, -0.15) is 5.26 Å². The number of nitriles is 1. The summed E-state index contributed by atoms with van der Waals surface area (Å²) in [6.45, 7) is 5.33. The van der Waals surface area contributed by atoms with E-state index in [-0.39, 0.29) is 0 Å². The van der Waals surface area contributed by atoms with Crippen LogP contribution < -0.4 is 4.90 Å². The number of fused-ring (bicyclic) bond motifs is 1. The second kappa shape index (κ2) is 5.71. The van der Waals surface area contributed by atoms with Crippen molar-refractivity contribution in [2.75, 3.05) is 31.6 Å². The Morgan fingerprint density at radius 2 is 2.10 bits per heavy atom. The summed E-state index contributed by atoms with van der Waals surface area (Å²) in [5.74, 6) is 0. The molecule has 1 aliphatic heterocycles. The quantitative estimate of drug-likeness (QED) is 0.805. The van der Waals surface area contributed by atoms with Crippen LogP contribution in [0.4, 0.5) is 5.69 Å². The number of benzene rings is 1. The van der Waals surface area contributed by atoms with Crippen molar-refractivity contribution < 1.29 is 0 Å². The van der Waals surface area contributed by atoms with Crippen molar-refractivity contribution >= 4 is 16.6 Å². The van der Waals surface area contributed by atoms with Crippen molar-refractivity contribution in [1.29, 1.82) is 5.26 Å². The van der Waals surface area contributed by atoms with E-state index in [1.165, 1.54) is 0 Å². The van der Waals surface area contributed by atoms with Crippen LogP contribution in [-0.2, 0) is 0 Å². The molecule has 0 bridgehead atoms. The van der Waals surface area contributed by atoms with Crippen LogP contribution in [-0.4, -0.2) is 42.6 Å². The Labute approximate surface area is 125 Å². The molecule has 1 unspecified atom stereocenters. The first-order chi connectivity index (χ1) is 10.2. The van der Waals surface area contributed by atoms with Crippen LogP contribution in [0.25, 0.3) is 10.9 Å². The summed E-state index contributed by atoms with van der Waals surface area (Å²) in [5.41, 5.74) is 2.67. The number of nitrogens with zero attached hydrogens (tertiary/aromatic N) is 4. The van der Waals surface area contributed by atoms with Crippen LogP contribution in [0.3, 0.4) is 0 Å². The fraction of sp³-hybridized carbons (Fsp3) is 0.412. The topological polar surface area (TPSA) is 43.2 Å². The number of para-hydroxylation sites is 1. The first-order valence-corrected chi connectivity index (χ1v) is 7.43. The number of anilines is 1. The molecule has 0 radical (unpaired) electrons. The Bertz CT molecular complexity index is 689. The van der Waals surface area contributed by atoms with E-state index in [4.69, 9.17) is 0 Å². The Morgan fingerprint density at radius 1 is 1.29 bits per heavy atom. The smallest absolute Gasteiger partial charge is 0.103 e. The van der Waals surface area contributed by atoms with Crippen molar-refractivity contribution in [3.63, 3.8) is 0 Å². The van der Waals surface area contributed by atoms with Gasteiger partial charge in [-0.3, -0.25) is 4.98 Å². The third kappa shape index (κ3) is 2.57. The van der Waals surface area contributed by atoms with E-state index in [1.54, 1.807) is 6.20 Å². The number of hydrogen-bond acceptors (Lipinski definition) is 4. The molecule has 0 spiro atoms. The molecule has 1 atom stereocenters. The second-order valence-electron chi connectivity index (χ2n) is 5.81. The molecule has 21 heavy (non-hydrogen) atoms. The molecule has 1 aromatic heterocycles. The number of aromatic nitrogens is 1. The highest BCUT2D eigenvalue weighted by Crippen LogP contribution is 2.31. The Hall–Kier alpha value is -2.12. The van der Waals surface area contributed by atoms with Crippen molar-refractivity contribution in [2.24, 2.45) is 0 Å². The summed E-state index contributed by atoms with van der Waals surface area (Å²) in [4.78, 5) is 9.15. The van der Waals surface area contributed by atoms with E-state index in [2.05, 4.69) is 40.9 Å². The van der Waals surface area contributed by atoms with Crippen molar-refractivity contribution in [3.05, 3.63) is 36.0 Å². The van der Waals surface area contributed by atoms with Crippen LogP contribution >= 0.6 is 0 Å². The van der Waals surface area contributed by atoms with E-state index >= 15 is 0 Å². The Balaban J connectivity index is 2.16. The highest BCUT2D eigenvalue weighted by atomic mass is 15.2. The average molecular weight is 280 g/mol. The van der Waals surface area contributed by atoms with Crippen LogP contribution in [0.15, 0.2) is 30.5 Å². The molecule has 0 amide bonds. The fourth-order valence-electron chi connectivity index (χ4n) is 3.22. The zero-order valence-electron chi connectivity index (χ0n) is 12.6. The minimum atomic E-state index is 0.385. The molecule has 1 saturated heterocycles. The molecular formula is C17H20N4. The molecule has 4 heteroatoms. The van der Waals surface area contributed by atoms with E-state index < -0.39 is 0 Å². The summed E-state index contributed by atoms with van der Waals surface area (Å²) in [5, 5.41) is 10.6. The predicted molar refractivity (Wildman–Crippen MR) is 85.4 cm³/mol.